The first-order chi connectivity index (χ1) is 10.9. The van der Waals surface area contributed by atoms with E-state index in [2.05, 4.69) is 34.9 Å². The summed E-state index contributed by atoms with van der Waals surface area (Å²) in [6.45, 7) is 9.38. The molecule has 3 rings (SSSR count). The molecule has 2 fully saturated rings. The van der Waals surface area contributed by atoms with Crippen LogP contribution in [0, 0.1) is 0 Å². The van der Waals surface area contributed by atoms with E-state index in [1.807, 2.05) is 0 Å². The Balaban J connectivity index is 1.60. The average molecular weight is 337 g/mol. The molecule has 6 nitrogen and oxygen atoms in total. The number of hydrogen-bond acceptors (Lipinski definition) is 6. The van der Waals surface area contributed by atoms with Crippen molar-refractivity contribution in [2.75, 3.05) is 24.5 Å². The molecule has 3 heterocycles. The third kappa shape index (κ3) is 3.50. The molecule has 1 aromatic heterocycles. The fourth-order valence-corrected chi connectivity index (χ4v) is 4.48. The van der Waals surface area contributed by atoms with Crippen molar-refractivity contribution < 1.29 is 4.79 Å². The zero-order chi connectivity index (χ0) is 16.6. The SMILES string of the molecule is CC(C)(C)c1nsc(N2CCC(N3CCCC3C(N)=O)CC2)n1. The molecule has 2 N–H and O–H groups in total. The van der Waals surface area contributed by atoms with Gasteiger partial charge in [-0.3, -0.25) is 9.69 Å². The van der Waals surface area contributed by atoms with Crippen LogP contribution < -0.4 is 10.6 Å². The summed E-state index contributed by atoms with van der Waals surface area (Å²) in [7, 11) is 0. The first-order valence-corrected chi connectivity index (χ1v) is 9.28. The average Bonchev–Trinajstić information content (AvgIpc) is 3.16. The number of carbonyl (C=O) groups excluding carboxylic acids is 1. The number of amides is 1. The third-order valence-electron chi connectivity index (χ3n) is 4.91. The fraction of sp³-hybridized carbons (Fsp3) is 0.812. The summed E-state index contributed by atoms with van der Waals surface area (Å²) >= 11 is 1.50. The molecule has 2 aliphatic rings. The zero-order valence-corrected chi connectivity index (χ0v) is 15.1. The highest BCUT2D eigenvalue weighted by Crippen LogP contribution is 2.30. The van der Waals surface area contributed by atoms with Crippen molar-refractivity contribution in [3.05, 3.63) is 5.82 Å². The van der Waals surface area contributed by atoms with Gasteiger partial charge >= 0.3 is 0 Å². The Hall–Kier alpha value is -1.21. The van der Waals surface area contributed by atoms with Crippen LogP contribution in [0.5, 0.6) is 0 Å². The number of nitrogens with two attached hydrogens (primary N) is 1. The van der Waals surface area contributed by atoms with E-state index >= 15 is 0 Å². The number of primary amides is 1. The lowest BCUT2D eigenvalue weighted by atomic mass is 9.96. The van der Waals surface area contributed by atoms with Crippen LogP contribution in [0.25, 0.3) is 0 Å². The van der Waals surface area contributed by atoms with Gasteiger partial charge in [0, 0.05) is 36.1 Å². The van der Waals surface area contributed by atoms with Crippen molar-refractivity contribution in [3.8, 4) is 0 Å². The quantitative estimate of drug-likeness (QED) is 0.909. The predicted octanol–water partition coefficient (Wildman–Crippen LogP) is 1.75. The van der Waals surface area contributed by atoms with Gasteiger partial charge in [-0.25, -0.2) is 4.98 Å². The van der Waals surface area contributed by atoms with Crippen LogP contribution >= 0.6 is 11.5 Å². The number of carbonyl (C=O) groups is 1. The Morgan fingerprint density at radius 2 is 1.91 bits per heavy atom. The van der Waals surface area contributed by atoms with E-state index in [4.69, 9.17) is 10.7 Å². The summed E-state index contributed by atoms with van der Waals surface area (Å²) in [4.78, 5) is 21.0. The lowest BCUT2D eigenvalue weighted by molar-refractivity contribution is -0.123. The second-order valence-electron chi connectivity index (χ2n) is 7.67. The number of rotatable bonds is 3. The molecule has 0 radical (unpaired) electrons. The van der Waals surface area contributed by atoms with Crippen molar-refractivity contribution in [2.24, 2.45) is 5.73 Å². The van der Waals surface area contributed by atoms with Gasteiger partial charge in [0.05, 0.1) is 6.04 Å². The number of likely N-dealkylation sites (tertiary alicyclic amines) is 1. The topological polar surface area (TPSA) is 75.3 Å². The second-order valence-corrected chi connectivity index (χ2v) is 8.40. The molecule has 23 heavy (non-hydrogen) atoms. The largest absolute Gasteiger partial charge is 0.368 e. The minimum Gasteiger partial charge on any atom is -0.368 e. The van der Waals surface area contributed by atoms with Gasteiger partial charge in [-0.15, -0.1) is 0 Å². The Morgan fingerprint density at radius 3 is 2.48 bits per heavy atom. The van der Waals surface area contributed by atoms with Crippen LogP contribution in [-0.4, -0.2) is 51.9 Å². The molecule has 0 saturated carbocycles. The Morgan fingerprint density at radius 1 is 1.22 bits per heavy atom. The molecule has 128 valence electrons. The van der Waals surface area contributed by atoms with E-state index in [9.17, 15) is 4.79 Å². The second kappa shape index (κ2) is 6.36. The lowest BCUT2D eigenvalue weighted by Gasteiger charge is -2.38. The summed E-state index contributed by atoms with van der Waals surface area (Å²) in [5.74, 6) is 0.761. The van der Waals surface area contributed by atoms with Gasteiger partial charge in [0.1, 0.15) is 5.82 Å². The number of aromatic nitrogens is 2. The van der Waals surface area contributed by atoms with Crippen LogP contribution in [0.3, 0.4) is 0 Å². The molecule has 1 aromatic rings. The third-order valence-corrected chi connectivity index (χ3v) is 5.69. The molecular weight excluding hydrogens is 310 g/mol. The van der Waals surface area contributed by atoms with E-state index in [0.29, 0.717) is 6.04 Å². The maximum Gasteiger partial charge on any atom is 0.234 e. The van der Waals surface area contributed by atoms with E-state index in [1.165, 1.54) is 11.5 Å². The van der Waals surface area contributed by atoms with E-state index in [0.717, 1.165) is 56.3 Å². The van der Waals surface area contributed by atoms with E-state index in [-0.39, 0.29) is 17.4 Å². The highest BCUT2D eigenvalue weighted by Gasteiger charge is 2.36. The first kappa shape index (κ1) is 16.6. The summed E-state index contributed by atoms with van der Waals surface area (Å²) in [6.07, 6.45) is 4.13. The van der Waals surface area contributed by atoms with Gasteiger partial charge in [-0.1, -0.05) is 20.8 Å². The highest BCUT2D eigenvalue weighted by molar-refractivity contribution is 7.09. The molecule has 2 aliphatic heterocycles. The van der Waals surface area contributed by atoms with Crippen LogP contribution in [0.1, 0.15) is 52.3 Å². The standard InChI is InChI=1S/C16H27N5OS/c1-16(2,3)14-18-15(23-19-14)20-9-6-11(7-10-20)21-8-4-5-12(21)13(17)22/h11-12H,4-10H2,1-3H3,(H2,17,22). The van der Waals surface area contributed by atoms with Crippen molar-refractivity contribution in [1.29, 1.82) is 0 Å². The predicted molar refractivity (Wildman–Crippen MR) is 92.8 cm³/mol. The van der Waals surface area contributed by atoms with Gasteiger partial charge in [-0.2, -0.15) is 4.37 Å². The smallest absolute Gasteiger partial charge is 0.234 e. The number of anilines is 1. The van der Waals surface area contributed by atoms with Crippen LogP contribution in [0.15, 0.2) is 0 Å². The summed E-state index contributed by atoms with van der Waals surface area (Å²) < 4.78 is 4.51. The van der Waals surface area contributed by atoms with Crippen molar-refractivity contribution in [2.45, 2.75) is 64.0 Å². The van der Waals surface area contributed by atoms with Gasteiger partial charge in [0.2, 0.25) is 11.0 Å². The van der Waals surface area contributed by atoms with Crippen molar-refractivity contribution in [1.82, 2.24) is 14.3 Å². The highest BCUT2D eigenvalue weighted by atomic mass is 32.1. The monoisotopic (exact) mass is 337 g/mol. The van der Waals surface area contributed by atoms with Gasteiger partial charge < -0.3 is 10.6 Å². The fourth-order valence-electron chi connectivity index (χ4n) is 3.57. The Bertz CT molecular complexity index is 559. The van der Waals surface area contributed by atoms with Crippen LogP contribution in [0.4, 0.5) is 5.13 Å². The molecule has 7 heteroatoms. The molecular formula is C16H27N5OS. The molecule has 1 atom stereocenters. The Kier molecular flexibility index (Phi) is 4.60. The minimum absolute atomic E-state index is 0.00265. The molecule has 1 amide bonds. The minimum atomic E-state index is -0.163. The van der Waals surface area contributed by atoms with Crippen LogP contribution in [0.2, 0.25) is 0 Å². The Labute approximate surface area is 142 Å². The molecule has 0 aliphatic carbocycles. The number of nitrogens with zero attached hydrogens (tertiary/aromatic N) is 4. The van der Waals surface area contributed by atoms with E-state index < -0.39 is 0 Å². The molecule has 2 saturated heterocycles. The first-order valence-electron chi connectivity index (χ1n) is 8.50. The van der Waals surface area contributed by atoms with Crippen LogP contribution in [-0.2, 0) is 10.2 Å². The molecule has 0 bridgehead atoms. The molecule has 0 aromatic carbocycles. The summed E-state index contributed by atoms with van der Waals surface area (Å²) in [5.41, 5.74) is 5.55. The molecule has 0 spiro atoms. The van der Waals surface area contributed by atoms with Gasteiger partial charge in [0.15, 0.2) is 0 Å². The number of piperidine rings is 1. The van der Waals surface area contributed by atoms with Gasteiger partial charge in [-0.05, 0) is 32.2 Å². The maximum atomic E-state index is 11.6. The van der Waals surface area contributed by atoms with Gasteiger partial charge in [0.25, 0.3) is 0 Å². The lowest BCUT2D eigenvalue weighted by Crippen LogP contribution is -2.50. The summed E-state index contributed by atoms with van der Waals surface area (Å²) in [6, 6.07) is 0.418. The normalized spacial score (nSPS) is 24.3. The van der Waals surface area contributed by atoms with E-state index in [1.54, 1.807) is 0 Å². The van der Waals surface area contributed by atoms with Crippen molar-refractivity contribution >= 4 is 22.6 Å². The molecule has 1 unspecified atom stereocenters. The zero-order valence-electron chi connectivity index (χ0n) is 14.3. The maximum absolute atomic E-state index is 11.6. The number of hydrogen-bond donors (Lipinski definition) is 1. The van der Waals surface area contributed by atoms with Crippen molar-refractivity contribution in [3.63, 3.8) is 0 Å². The summed E-state index contributed by atoms with van der Waals surface area (Å²) in [5, 5.41) is 1.03.